The van der Waals surface area contributed by atoms with Crippen LogP contribution >= 0.6 is 15.9 Å². The van der Waals surface area contributed by atoms with Gasteiger partial charge in [-0.3, -0.25) is 9.59 Å². The van der Waals surface area contributed by atoms with Gasteiger partial charge in [0.25, 0.3) is 5.91 Å². The summed E-state index contributed by atoms with van der Waals surface area (Å²) < 4.78 is 5.90. The van der Waals surface area contributed by atoms with Gasteiger partial charge < -0.3 is 20.3 Å². The van der Waals surface area contributed by atoms with E-state index in [0.717, 1.165) is 19.6 Å². The monoisotopic (exact) mass is 385 g/mol. The normalized spacial score (nSPS) is 10.5. The molecule has 0 aliphatic carbocycles. The highest BCUT2D eigenvalue weighted by atomic mass is 79.9. The van der Waals surface area contributed by atoms with Gasteiger partial charge in [-0.05, 0) is 35.1 Å². The predicted molar refractivity (Wildman–Crippen MR) is 95.1 cm³/mol. The van der Waals surface area contributed by atoms with Crippen LogP contribution in [0, 0.1) is 0 Å². The van der Waals surface area contributed by atoms with Crippen LogP contribution in [-0.2, 0) is 4.79 Å². The van der Waals surface area contributed by atoms with Crippen molar-refractivity contribution < 1.29 is 14.3 Å². The number of hydrogen-bond acceptors (Lipinski definition) is 4. The summed E-state index contributed by atoms with van der Waals surface area (Å²) in [5.41, 5.74) is 0.988. The Morgan fingerprint density at radius 1 is 1.26 bits per heavy atom. The summed E-state index contributed by atoms with van der Waals surface area (Å²) in [6, 6.07) is 3.28. The molecule has 0 aliphatic rings. The summed E-state index contributed by atoms with van der Waals surface area (Å²) in [6.45, 7) is 8.87. The Balaban J connectivity index is 2.83. The molecule has 0 heterocycles. The third-order valence-electron chi connectivity index (χ3n) is 3.45. The minimum atomic E-state index is -0.205. The van der Waals surface area contributed by atoms with Gasteiger partial charge in [-0.15, -0.1) is 0 Å². The summed E-state index contributed by atoms with van der Waals surface area (Å²) >= 11 is 3.36. The Kier molecular flexibility index (Phi) is 8.05. The van der Waals surface area contributed by atoms with Crippen molar-refractivity contribution in [3.05, 3.63) is 22.2 Å². The van der Waals surface area contributed by atoms with Gasteiger partial charge in [-0.25, -0.2) is 0 Å². The highest BCUT2D eigenvalue weighted by molar-refractivity contribution is 9.10. The second kappa shape index (κ2) is 9.52. The van der Waals surface area contributed by atoms with Crippen LogP contribution in [0.15, 0.2) is 16.6 Å². The zero-order chi connectivity index (χ0) is 17.4. The number of ether oxygens (including phenoxy) is 1. The molecule has 1 rings (SSSR count). The summed E-state index contributed by atoms with van der Waals surface area (Å²) in [7, 11) is 1.49. The molecular weight excluding hydrogens is 362 g/mol. The number of anilines is 1. The maximum Gasteiger partial charge on any atom is 0.255 e. The fourth-order valence-corrected chi connectivity index (χ4v) is 2.59. The van der Waals surface area contributed by atoms with Crippen LogP contribution in [-0.4, -0.2) is 50.0 Å². The Labute approximate surface area is 145 Å². The molecule has 7 heteroatoms. The molecule has 23 heavy (non-hydrogen) atoms. The highest BCUT2D eigenvalue weighted by Gasteiger charge is 2.16. The van der Waals surface area contributed by atoms with Crippen molar-refractivity contribution >= 4 is 33.4 Å². The zero-order valence-electron chi connectivity index (χ0n) is 14.0. The molecule has 0 atom stereocenters. The van der Waals surface area contributed by atoms with Crippen molar-refractivity contribution in [3.63, 3.8) is 0 Å². The zero-order valence-corrected chi connectivity index (χ0v) is 15.6. The number of amides is 2. The van der Waals surface area contributed by atoms with E-state index in [1.54, 1.807) is 12.1 Å². The Bertz CT molecular complexity index is 560. The lowest BCUT2D eigenvalue weighted by molar-refractivity contribution is -0.114. The second-order valence-electron chi connectivity index (χ2n) is 5.00. The SMILES string of the molecule is CCN(CC)CCNC(=O)c1cc(Br)c(NC(C)=O)cc1OC. The number of hydrogen-bond donors (Lipinski definition) is 2. The van der Waals surface area contributed by atoms with E-state index in [1.807, 2.05) is 0 Å². The highest BCUT2D eigenvalue weighted by Crippen LogP contribution is 2.31. The van der Waals surface area contributed by atoms with E-state index < -0.39 is 0 Å². The van der Waals surface area contributed by atoms with Gasteiger partial charge in [0.05, 0.1) is 18.4 Å². The van der Waals surface area contributed by atoms with Crippen molar-refractivity contribution in [3.8, 4) is 5.75 Å². The first-order valence-corrected chi connectivity index (χ1v) is 8.37. The number of carbonyl (C=O) groups is 2. The molecule has 1 aromatic carbocycles. The number of carbonyl (C=O) groups excluding carboxylic acids is 2. The second-order valence-corrected chi connectivity index (χ2v) is 5.85. The van der Waals surface area contributed by atoms with Crippen LogP contribution in [0.25, 0.3) is 0 Å². The number of methoxy groups -OCH3 is 1. The Morgan fingerprint density at radius 2 is 1.91 bits per heavy atom. The van der Waals surface area contributed by atoms with Crippen molar-refractivity contribution in [2.75, 3.05) is 38.6 Å². The van der Waals surface area contributed by atoms with Crippen LogP contribution in [0.3, 0.4) is 0 Å². The van der Waals surface area contributed by atoms with E-state index in [4.69, 9.17) is 4.74 Å². The fraction of sp³-hybridized carbons (Fsp3) is 0.500. The van der Waals surface area contributed by atoms with E-state index in [1.165, 1.54) is 14.0 Å². The van der Waals surface area contributed by atoms with Gasteiger partial charge in [-0.2, -0.15) is 0 Å². The average Bonchev–Trinajstić information content (AvgIpc) is 2.52. The molecule has 2 amide bonds. The van der Waals surface area contributed by atoms with E-state index in [9.17, 15) is 9.59 Å². The first-order valence-electron chi connectivity index (χ1n) is 7.58. The molecule has 0 saturated carbocycles. The van der Waals surface area contributed by atoms with Crippen LogP contribution < -0.4 is 15.4 Å². The third-order valence-corrected chi connectivity index (χ3v) is 4.11. The maximum absolute atomic E-state index is 12.4. The minimum absolute atomic E-state index is 0.191. The summed E-state index contributed by atoms with van der Waals surface area (Å²) in [4.78, 5) is 25.8. The van der Waals surface area contributed by atoms with Crippen LogP contribution in [0.1, 0.15) is 31.1 Å². The van der Waals surface area contributed by atoms with Crippen molar-refractivity contribution in [1.82, 2.24) is 10.2 Å². The standard InChI is InChI=1S/C16H24BrN3O3/c1-5-20(6-2)8-7-18-16(22)12-9-13(17)14(19-11(3)21)10-15(12)23-4/h9-10H,5-8H2,1-4H3,(H,18,22)(H,19,21). The summed E-state index contributed by atoms with van der Waals surface area (Å²) in [5, 5.41) is 5.57. The molecule has 0 bridgehead atoms. The van der Waals surface area contributed by atoms with E-state index in [2.05, 4.69) is 45.3 Å². The van der Waals surface area contributed by atoms with E-state index >= 15 is 0 Å². The number of likely N-dealkylation sites (N-methyl/N-ethyl adjacent to an activating group) is 1. The van der Waals surface area contributed by atoms with Gasteiger partial charge in [0.1, 0.15) is 5.75 Å². The van der Waals surface area contributed by atoms with Crippen molar-refractivity contribution in [2.45, 2.75) is 20.8 Å². The van der Waals surface area contributed by atoms with Crippen LogP contribution in [0.2, 0.25) is 0 Å². The van der Waals surface area contributed by atoms with Crippen LogP contribution in [0.4, 0.5) is 5.69 Å². The Hall–Kier alpha value is -1.60. The van der Waals surface area contributed by atoms with Crippen LogP contribution in [0.5, 0.6) is 5.75 Å². The number of rotatable bonds is 8. The molecule has 6 nitrogen and oxygen atoms in total. The number of nitrogens with zero attached hydrogens (tertiary/aromatic N) is 1. The topological polar surface area (TPSA) is 70.7 Å². The Morgan fingerprint density at radius 3 is 2.43 bits per heavy atom. The van der Waals surface area contributed by atoms with Gasteiger partial charge in [0, 0.05) is 30.6 Å². The van der Waals surface area contributed by atoms with Crippen molar-refractivity contribution in [2.24, 2.45) is 0 Å². The third kappa shape index (κ3) is 5.84. The van der Waals surface area contributed by atoms with Gasteiger partial charge in [-0.1, -0.05) is 13.8 Å². The van der Waals surface area contributed by atoms with Gasteiger partial charge in [0.15, 0.2) is 0 Å². The molecule has 0 spiro atoms. The maximum atomic E-state index is 12.4. The van der Waals surface area contributed by atoms with E-state index in [-0.39, 0.29) is 11.8 Å². The number of nitrogens with one attached hydrogen (secondary N) is 2. The molecule has 2 N–H and O–H groups in total. The average molecular weight is 386 g/mol. The first kappa shape index (κ1) is 19.4. The molecule has 128 valence electrons. The summed E-state index contributed by atoms with van der Waals surface area (Å²) in [5.74, 6) is 0.0190. The number of benzene rings is 1. The fourth-order valence-electron chi connectivity index (χ4n) is 2.15. The molecule has 0 saturated heterocycles. The molecule has 0 aromatic heterocycles. The first-order chi connectivity index (χ1) is 10.9. The molecule has 1 aromatic rings. The van der Waals surface area contributed by atoms with Crippen molar-refractivity contribution in [1.29, 1.82) is 0 Å². The molecule has 0 unspecified atom stereocenters. The predicted octanol–water partition coefficient (Wildman–Crippen LogP) is 2.49. The molecule has 0 aliphatic heterocycles. The van der Waals surface area contributed by atoms with E-state index in [0.29, 0.717) is 28.0 Å². The molecule has 0 fully saturated rings. The largest absolute Gasteiger partial charge is 0.496 e. The molecular formula is C16H24BrN3O3. The lowest BCUT2D eigenvalue weighted by atomic mass is 10.1. The minimum Gasteiger partial charge on any atom is -0.496 e. The lowest BCUT2D eigenvalue weighted by Crippen LogP contribution is -2.34. The lowest BCUT2D eigenvalue weighted by Gasteiger charge is -2.18. The van der Waals surface area contributed by atoms with Gasteiger partial charge in [0.2, 0.25) is 5.91 Å². The quantitative estimate of drug-likeness (QED) is 0.720. The smallest absolute Gasteiger partial charge is 0.255 e. The summed E-state index contributed by atoms with van der Waals surface area (Å²) in [6.07, 6.45) is 0. The molecule has 0 radical (unpaired) electrons. The van der Waals surface area contributed by atoms with Gasteiger partial charge >= 0.3 is 0 Å². The number of halogens is 1.